The van der Waals surface area contributed by atoms with Crippen molar-refractivity contribution in [1.29, 1.82) is 0 Å². The minimum absolute atomic E-state index is 0.268. The smallest absolute Gasteiger partial charge is 0.307 e. The van der Waals surface area contributed by atoms with Gasteiger partial charge in [0.25, 0.3) is 0 Å². The highest BCUT2D eigenvalue weighted by Gasteiger charge is 2.09. The highest BCUT2D eigenvalue weighted by molar-refractivity contribution is 5.67. The van der Waals surface area contributed by atoms with Crippen LogP contribution in [0, 0.1) is 0 Å². The molecule has 0 aliphatic heterocycles. The summed E-state index contributed by atoms with van der Waals surface area (Å²) in [7, 11) is 12.8. The third kappa shape index (κ3) is 48.1. The van der Waals surface area contributed by atoms with Crippen molar-refractivity contribution in [1.82, 2.24) is 0 Å². The van der Waals surface area contributed by atoms with Crippen LogP contribution in [0.1, 0.15) is 188 Å². The van der Waals surface area contributed by atoms with Crippen molar-refractivity contribution < 1.29 is 37.5 Å². The molecule has 320 valence electrons. The van der Waals surface area contributed by atoms with Gasteiger partial charge in [0.05, 0.1) is 48.9 Å². The Kier molecular flexibility index (Phi) is 38.1. The highest BCUT2D eigenvalue weighted by atomic mass is 16.6. The molecule has 0 saturated carbocycles. The zero-order valence-electron chi connectivity index (χ0n) is 37.7. The Morgan fingerprint density at radius 1 is 0.481 bits per heavy atom. The van der Waals surface area contributed by atoms with Crippen LogP contribution in [0.2, 0.25) is 0 Å². The summed E-state index contributed by atoms with van der Waals surface area (Å²) in [6.45, 7) is 11.0. The van der Waals surface area contributed by atoms with Gasteiger partial charge in [0.15, 0.2) is 0 Å². The Labute approximate surface area is 336 Å². The van der Waals surface area contributed by atoms with Crippen LogP contribution in [0.4, 0.5) is 0 Å². The summed E-state index contributed by atoms with van der Waals surface area (Å²) in [6.07, 6.45) is 36.1. The first-order valence-corrected chi connectivity index (χ1v) is 22.2. The van der Waals surface area contributed by atoms with E-state index < -0.39 is 0 Å². The number of ether oxygens (including phenoxy) is 4. The molecule has 0 aliphatic rings. The van der Waals surface area contributed by atoms with E-state index in [-0.39, 0.29) is 11.9 Å². The molecule has 0 bridgehead atoms. The van der Waals surface area contributed by atoms with Crippen molar-refractivity contribution >= 4 is 11.9 Å². The molecule has 0 heterocycles. The van der Waals surface area contributed by atoms with Crippen LogP contribution in [-0.4, -0.2) is 96.1 Å². The summed E-state index contributed by atoms with van der Waals surface area (Å²) >= 11 is 0. The first-order valence-electron chi connectivity index (χ1n) is 22.2. The third-order valence-corrected chi connectivity index (χ3v) is 9.25. The van der Waals surface area contributed by atoms with E-state index in [9.17, 15) is 9.59 Å². The van der Waals surface area contributed by atoms with Gasteiger partial charge in [-0.3, -0.25) is 9.59 Å². The second-order valence-corrected chi connectivity index (χ2v) is 17.4. The SMILES string of the molecule is CCCCCCCCCCCCC/C=C(/COCC[N+](C)(C)C)OC(C)=O.CCCCCCCCCCCCCC/C(=C/OCC[N+](C)(C)C)OC(C)=O. The fourth-order valence-corrected chi connectivity index (χ4v) is 5.83. The largest absolute Gasteiger partial charge is 0.492 e. The van der Waals surface area contributed by atoms with E-state index in [0.29, 0.717) is 31.3 Å². The van der Waals surface area contributed by atoms with E-state index in [1.165, 1.54) is 149 Å². The molecule has 0 amide bonds. The maximum atomic E-state index is 11.2. The molecule has 0 unspecified atom stereocenters. The lowest BCUT2D eigenvalue weighted by molar-refractivity contribution is -0.870. The fourth-order valence-electron chi connectivity index (χ4n) is 5.83. The van der Waals surface area contributed by atoms with Gasteiger partial charge >= 0.3 is 11.9 Å². The molecule has 8 heteroatoms. The van der Waals surface area contributed by atoms with Crippen molar-refractivity contribution in [2.24, 2.45) is 0 Å². The summed E-state index contributed by atoms with van der Waals surface area (Å²) in [5.41, 5.74) is 0. The number of esters is 2. The Morgan fingerprint density at radius 3 is 1.26 bits per heavy atom. The van der Waals surface area contributed by atoms with Crippen molar-refractivity contribution in [3.63, 3.8) is 0 Å². The molecule has 0 aliphatic carbocycles. The Hall–Kier alpha value is -1.90. The number of hydrogen-bond donors (Lipinski definition) is 0. The molecular weight excluding hydrogens is 677 g/mol. The molecule has 0 N–H and O–H groups in total. The van der Waals surface area contributed by atoms with Crippen LogP contribution in [0.15, 0.2) is 23.9 Å². The molecule has 0 atom stereocenters. The van der Waals surface area contributed by atoms with Crippen LogP contribution >= 0.6 is 0 Å². The lowest BCUT2D eigenvalue weighted by Crippen LogP contribution is -2.37. The number of carbonyl (C=O) groups excluding carboxylic acids is 2. The predicted octanol–water partition coefficient (Wildman–Crippen LogP) is 12.1. The number of hydrogen-bond acceptors (Lipinski definition) is 6. The molecule has 0 aromatic carbocycles. The Balaban J connectivity index is 0. The minimum Gasteiger partial charge on any atom is -0.492 e. The number of likely N-dealkylation sites (N-methyl/N-ethyl adjacent to an activating group) is 2. The number of carbonyl (C=O) groups is 2. The van der Waals surface area contributed by atoms with Crippen molar-refractivity contribution in [3.05, 3.63) is 23.9 Å². The summed E-state index contributed by atoms with van der Waals surface area (Å²) < 4.78 is 23.5. The monoisotopic (exact) mass is 769 g/mol. The van der Waals surface area contributed by atoms with Gasteiger partial charge in [0, 0.05) is 20.3 Å². The predicted molar refractivity (Wildman–Crippen MR) is 229 cm³/mol. The lowest BCUT2D eigenvalue weighted by Gasteiger charge is -2.23. The van der Waals surface area contributed by atoms with Crippen LogP contribution in [0.5, 0.6) is 0 Å². The first kappa shape index (κ1) is 54.2. The molecule has 0 fully saturated rings. The van der Waals surface area contributed by atoms with E-state index in [2.05, 4.69) is 56.1 Å². The van der Waals surface area contributed by atoms with Crippen molar-refractivity contribution in [3.8, 4) is 0 Å². The van der Waals surface area contributed by atoms with Gasteiger partial charge in [-0.05, 0) is 25.3 Å². The van der Waals surface area contributed by atoms with Crippen LogP contribution in [0.3, 0.4) is 0 Å². The molecule has 0 spiro atoms. The minimum atomic E-state index is -0.268. The van der Waals surface area contributed by atoms with Gasteiger partial charge in [0.1, 0.15) is 44.1 Å². The zero-order chi connectivity index (χ0) is 40.8. The number of rotatable bonds is 36. The van der Waals surface area contributed by atoms with Gasteiger partial charge in [-0.15, -0.1) is 0 Å². The second-order valence-electron chi connectivity index (χ2n) is 17.4. The van der Waals surface area contributed by atoms with Crippen LogP contribution < -0.4 is 0 Å². The number of nitrogens with zero attached hydrogens (tertiary/aromatic N) is 2. The van der Waals surface area contributed by atoms with Crippen molar-refractivity contribution in [2.45, 2.75) is 188 Å². The lowest BCUT2D eigenvalue weighted by atomic mass is 10.0. The quantitative estimate of drug-likeness (QED) is 0.0274. The molecule has 0 rings (SSSR count). The summed E-state index contributed by atoms with van der Waals surface area (Å²) in [5, 5.41) is 0. The van der Waals surface area contributed by atoms with Gasteiger partial charge < -0.3 is 27.9 Å². The van der Waals surface area contributed by atoms with Crippen LogP contribution in [-0.2, 0) is 28.5 Å². The first-order chi connectivity index (χ1) is 25.7. The Bertz CT molecular complexity index is 919. The highest BCUT2D eigenvalue weighted by Crippen LogP contribution is 2.16. The molecule has 54 heavy (non-hydrogen) atoms. The molecule has 8 nitrogen and oxygen atoms in total. The summed E-state index contributed by atoms with van der Waals surface area (Å²) in [6, 6.07) is 0. The van der Waals surface area contributed by atoms with E-state index >= 15 is 0 Å². The van der Waals surface area contributed by atoms with Gasteiger partial charge in [-0.1, -0.05) is 149 Å². The van der Waals surface area contributed by atoms with E-state index in [0.717, 1.165) is 47.7 Å². The maximum absolute atomic E-state index is 11.2. The molecular formula is C46H92N2O6+2. The summed E-state index contributed by atoms with van der Waals surface area (Å²) in [5.74, 6) is 0.790. The normalized spacial score (nSPS) is 12.3. The standard InChI is InChI=1S/2C23H46NO3/c2*1-6-7-8-9-10-11-12-13-14-15-16-17-18-23(27-22(2)25)21-26-20-19-24(3,4)5/h21H,6-20H2,1-5H3;18H,6-17,19-21H2,1-5H3/q2*+1/b23-21-;23-18-. The van der Waals surface area contributed by atoms with E-state index in [1.807, 2.05) is 6.08 Å². The average Bonchev–Trinajstić information content (AvgIpc) is 3.08. The van der Waals surface area contributed by atoms with Gasteiger partial charge in [-0.2, -0.15) is 0 Å². The van der Waals surface area contributed by atoms with Crippen molar-refractivity contribution in [2.75, 3.05) is 75.2 Å². The molecule has 0 aromatic rings. The zero-order valence-corrected chi connectivity index (χ0v) is 37.7. The fraction of sp³-hybridized carbons (Fsp3) is 0.870. The maximum Gasteiger partial charge on any atom is 0.307 e. The molecule has 0 radical (unpaired) electrons. The number of unbranched alkanes of at least 4 members (excludes halogenated alkanes) is 22. The topological polar surface area (TPSA) is 71.1 Å². The number of quaternary nitrogens is 2. The van der Waals surface area contributed by atoms with E-state index in [4.69, 9.17) is 18.9 Å². The summed E-state index contributed by atoms with van der Waals surface area (Å²) in [4.78, 5) is 22.5. The second kappa shape index (κ2) is 38.0. The Morgan fingerprint density at radius 2 is 0.852 bits per heavy atom. The van der Waals surface area contributed by atoms with Gasteiger partial charge in [-0.25, -0.2) is 0 Å². The van der Waals surface area contributed by atoms with Crippen LogP contribution in [0.25, 0.3) is 0 Å². The average molecular weight is 769 g/mol. The number of allylic oxidation sites excluding steroid dienone is 2. The molecule has 0 aromatic heterocycles. The van der Waals surface area contributed by atoms with E-state index in [1.54, 1.807) is 6.26 Å². The van der Waals surface area contributed by atoms with Gasteiger partial charge in [0.2, 0.25) is 0 Å². The third-order valence-electron chi connectivity index (χ3n) is 9.25. The molecule has 0 saturated heterocycles.